The minimum atomic E-state index is 0.144. The second-order valence-corrected chi connectivity index (χ2v) is 5.51. The van der Waals surface area contributed by atoms with Gasteiger partial charge in [0.05, 0.1) is 17.3 Å². The lowest BCUT2D eigenvalue weighted by molar-refractivity contribution is 0.417. The van der Waals surface area contributed by atoms with E-state index in [1.165, 1.54) is 10.3 Å². The molecular formula is C12H15NOS. The van der Waals surface area contributed by atoms with E-state index >= 15 is 0 Å². The van der Waals surface area contributed by atoms with Crippen LogP contribution in [-0.2, 0) is 5.41 Å². The summed E-state index contributed by atoms with van der Waals surface area (Å²) in [5, 5.41) is 0. The molecule has 15 heavy (non-hydrogen) atoms. The van der Waals surface area contributed by atoms with Gasteiger partial charge >= 0.3 is 0 Å². The van der Waals surface area contributed by atoms with Gasteiger partial charge in [-0.15, -0.1) is 11.3 Å². The van der Waals surface area contributed by atoms with E-state index in [9.17, 15) is 0 Å². The van der Waals surface area contributed by atoms with Crippen LogP contribution in [0.2, 0.25) is 0 Å². The largest absolute Gasteiger partial charge is 0.494 e. The van der Waals surface area contributed by atoms with E-state index in [0.717, 1.165) is 11.3 Å². The van der Waals surface area contributed by atoms with Crippen LogP contribution in [0.3, 0.4) is 0 Å². The van der Waals surface area contributed by atoms with E-state index in [1.807, 2.05) is 5.51 Å². The predicted molar refractivity (Wildman–Crippen MR) is 64.9 cm³/mol. The van der Waals surface area contributed by atoms with Gasteiger partial charge in [-0.05, 0) is 23.1 Å². The maximum Gasteiger partial charge on any atom is 0.146 e. The molecule has 0 fully saturated rings. The highest BCUT2D eigenvalue weighted by Gasteiger charge is 2.17. The Labute approximate surface area is 93.9 Å². The molecule has 0 atom stereocenters. The summed E-state index contributed by atoms with van der Waals surface area (Å²) in [7, 11) is 1.69. The van der Waals surface area contributed by atoms with Crippen LogP contribution in [0.15, 0.2) is 17.6 Å². The Bertz CT molecular complexity index is 482. The highest BCUT2D eigenvalue weighted by atomic mass is 32.1. The van der Waals surface area contributed by atoms with Crippen LogP contribution in [0, 0.1) is 0 Å². The van der Waals surface area contributed by atoms with E-state index in [1.54, 1.807) is 18.4 Å². The first-order valence-corrected chi connectivity index (χ1v) is 5.82. The Hall–Kier alpha value is -1.09. The molecule has 0 aliphatic carbocycles. The van der Waals surface area contributed by atoms with E-state index < -0.39 is 0 Å². The Balaban J connectivity index is 2.69. The molecule has 1 aromatic carbocycles. The Morgan fingerprint density at radius 3 is 2.60 bits per heavy atom. The number of fused-ring (bicyclic) bond motifs is 1. The summed E-state index contributed by atoms with van der Waals surface area (Å²) in [4.78, 5) is 4.31. The zero-order valence-electron chi connectivity index (χ0n) is 9.50. The first kappa shape index (κ1) is 10.4. The third kappa shape index (κ3) is 1.84. The van der Waals surface area contributed by atoms with Crippen molar-refractivity contribution in [1.29, 1.82) is 0 Å². The maximum atomic E-state index is 5.37. The Morgan fingerprint density at radius 2 is 2.00 bits per heavy atom. The number of hydrogen-bond acceptors (Lipinski definition) is 3. The lowest BCUT2D eigenvalue weighted by Gasteiger charge is -2.19. The summed E-state index contributed by atoms with van der Waals surface area (Å²) in [6.07, 6.45) is 0. The summed E-state index contributed by atoms with van der Waals surface area (Å²) in [6, 6.07) is 4.29. The van der Waals surface area contributed by atoms with Gasteiger partial charge < -0.3 is 4.74 Å². The van der Waals surface area contributed by atoms with Gasteiger partial charge in [-0.2, -0.15) is 0 Å². The molecular weight excluding hydrogens is 206 g/mol. The molecule has 0 spiro atoms. The quantitative estimate of drug-likeness (QED) is 0.734. The van der Waals surface area contributed by atoms with Gasteiger partial charge in [-0.25, -0.2) is 4.98 Å². The van der Waals surface area contributed by atoms with Crippen molar-refractivity contribution in [2.75, 3.05) is 7.11 Å². The van der Waals surface area contributed by atoms with Crippen molar-refractivity contribution in [3.05, 3.63) is 23.2 Å². The second-order valence-electron chi connectivity index (χ2n) is 4.63. The predicted octanol–water partition coefficient (Wildman–Crippen LogP) is 3.60. The van der Waals surface area contributed by atoms with E-state index in [2.05, 4.69) is 37.9 Å². The first-order valence-electron chi connectivity index (χ1n) is 4.94. The lowest BCUT2D eigenvalue weighted by Crippen LogP contribution is -2.10. The van der Waals surface area contributed by atoms with Gasteiger partial charge in [-0.1, -0.05) is 20.8 Å². The molecule has 3 heteroatoms. The molecule has 0 radical (unpaired) electrons. The molecule has 0 saturated carbocycles. The van der Waals surface area contributed by atoms with Crippen LogP contribution in [0.5, 0.6) is 5.75 Å². The van der Waals surface area contributed by atoms with Gasteiger partial charge in [0.1, 0.15) is 11.3 Å². The Morgan fingerprint density at radius 1 is 1.27 bits per heavy atom. The third-order valence-corrected chi connectivity index (χ3v) is 3.26. The summed E-state index contributed by atoms with van der Waals surface area (Å²) >= 11 is 1.66. The van der Waals surface area contributed by atoms with Crippen LogP contribution in [0.25, 0.3) is 10.2 Å². The van der Waals surface area contributed by atoms with Crippen LogP contribution in [0.1, 0.15) is 26.3 Å². The molecule has 0 amide bonds. The molecule has 2 aromatic rings. The zero-order valence-corrected chi connectivity index (χ0v) is 10.3. The smallest absolute Gasteiger partial charge is 0.146 e. The highest BCUT2D eigenvalue weighted by molar-refractivity contribution is 7.16. The van der Waals surface area contributed by atoms with Gasteiger partial charge in [0, 0.05) is 0 Å². The lowest BCUT2D eigenvalue weighted by atomic mass is 9.87. The molecule has 0 unspecified atom stereocenters. The van der Waals surface area contributed by atoms with Crippen LogP contribution in [-0.4, -0.2) is 12.1 Å². The van der Waals surface area contributed by atoms with Gasteiger partial charge in [0.25, 0.3) is 0 Å². The molecule has 0 bridgehead atoms. The van der Waals surface area contributed by atoms with Crippen molar-refractivity contribution in [2.45, 2.75) is 26.2 Å². The van der Waals surface area contributed by atoms with E-state index in [4.69, 9.17) is 4.74 Å². The number of aromatic nitrogens is 1. The fraction of sp³-hybridized carbons (Fsp3) is 0.417. The van der Waals surface area contributed by atoms with Crippen molar-refractivity contribution < 1.29 is 4.74 Å². The number of ether oxygens (including phenoxy) is 1. The number of benzene rings is 1. The SMILES string of the molecule is COc1cc(C(C)(C)C)cc2scnc12. The molecule has 1 heterocycles. The third-order valence-electron chi connectivity index (χ3n) is 2.49. The number of thiazole rings is 1. The van der Waals surface area contributed by atoms with E-state index in [0.29, 0.717) is 0 Å². The second kappa shape index (κ2) is 3.49. The standard InChI is InChI=1S/C12H15NOS/c1-12(2,3)8-5-9(14-4)11-10(6-8)15-7-13-11/h5-7H,1-4H3. The molecule has 2 rings (SSSR count). The van der Waals surface area contributed by atoms with Gasteiger partial charge in [0.2, 0.25) is 0 Å². The maximum absolute atomic E-state index is 5.37. The first-order chi connectivity index (χ1) is 7.02. The summed E-state index contributed by atoms with van der Waals surface area (Å²) < 4.78 is 6.56. The van der Waals surface area contributed by atoms with Crippen molar-refractivity contribution in [1.82, 2.24) is 4.98 Å². The molecule has 0 N–H and O–H groups in total. The minimum Gasteiger partial charge on any atom is -0.494 e. The van der Waals surface area contributed by atoms with Crippen molar-refractivity contribution >= 4 is 21.6 Å². The molecule has 80 valence electrons. The monoisotopic (exact) mass is 221 g/mol. The summed E-state index contributed by atoms with van der Waals surface area (Å²) in [6.45, 7) is 6.61. The van der Waals surface area contributed by atoms with Crippen LogP contribution < -0.4 is 4.74 Å². The molecule has 1 aromatic heterocycles. The van der Waals surface area contributed by atoms with Gasteiger partial charge in [0.15, 0.2) is 0 Å². The zero-order chi connectivity index (χ0) is 11.1. The molecule has 0 aliphatic heterocycles. The molecule has 0 saturated heterocycles. The highest BCUT2D eigenvalue weighted by Crippen LogP contribution is 2.33. The van der Waals surface area contributed by atoms with E-state index in [-0.39, 0.29) is 5.41 Å². The average molecular weight is 221 g/mol. The van der Waals surface area contributed by atoms with Crippen molar-refractivity contribution in [3.8, 4) is 5.75 Å². The number of rotatable bonds is 1. The topological polar surface area (TPSA) is 22.1 Å². The number of nitrogens with zero attached hydrogens (tertiary/aromatic N) is 1. The number of methoxy groups -OCH3 is 1. The Kier molecular flexibility index (Phi) is 2.43. The van der Waals surface area contributed by atoms with Crippen molar-refractivity contribution in [3.63, 3.8) is 0 Å². The average Bonchev–Trinajstić information content (AvgIpc) is 2.62. The summed E-state index contributed by atoms with van der Waals surface area (Å²) in [5.41, 5.74) is 4.26. The normalized spacial score (nSPS) is 12.0. The number of hydrogen-bond donors (Lipinski definition) is 0. The molecule has 0 aliphatic rings. The minimum absolute atomic E-state index is 0.144. The summed E-state index contributed by atoms with van der Waals surface area (Å²) in [5.74, 6) is 0.874. The fourth-order valence-corrected chi connectivity index (χ4v) is 2.26. The van der Waals surface area contributed by atoms with Crippen LogP contribution in [0.4, 0.5) is 0 Å². The molecule has 2 nitrogen and oxygen atoms in total. The van der Waals surface area contributed by atoms with Gasteiger partial charge in [-0.3, -0.25) is 0 Å². The fourth-order valence-electron chi connectivity index (χ4n) is 1.52. The van der Waals surface area contributed by atoms with Crippen LogP contribution >= 0.6 is 11.3 Å². The van der Waals surface area contributed by atoms with Crippen molar-refractivity contribution in [2.24, 2.45) is 0 Å².